The number of rotatable bonds is 3. The molecule has 0 aliphatic carbocycles. The van der Waals surface area contributed by atoms with Gasteiger partial charge in [-0.05, 0) is 30.2 Å². The number of nitrogens with zero attached hydrogens (tertiary/aromatic N) is 3. The van der Waals surface area contributed by atoms with Crippen LogP contribution in [0.4, 0.5) is 11.5 Å². The minimum atomic E-state index is 0.488. The molecule has 0 atom stereocenters. The molecule has 2 rings (SSSR count). The van der Waals surface area contributed by atoms with Gasteiger partial charge in [0.2, 0.25) is 0 Å². The second kappa shape index (κ2) is 5.08. The van der Waals surface area contributed by atoms with Crippen molar-refractivity contribution in [3.63, 3.8) is 0 Å². The summed E-state index contributed by atoms with van der Waals surface area (Å²) in [6, 6.07) is 11.7. The highest BCUT2D eigenvalue weighted by Gasteiger charge is 2.03. The van der Waals surface area contributed by atoms with Gasteiger partial charge >= 0.3 is 0 Å². The maximum atomic E-state index is 8.94. The molecule has 1 N–H and O–H groups in total. The SMILES string of the molecule is CCc1cccc(Nc2nnccc2C#N)c1. The van der Waals surface area contributed by atoms with E-state index in [1.54, 1.807) is 6.07 Å². The van der Waals surface area contributed by atoms with Crippen molar-refractivity contribution in [1.82, 2.24) is 10.2 Å². The number of nitriles is 1. The molecular formula is C13H12N4. The number of benzene rings is 1. The molecule has 0 aliphatic heterocycles. The largest absolute Gasteiger partial charge is 0.338 e. The average molecular weight is 224 g/mol. The van der Waals surface area contributed by atoms with E-state index in [2.05, 4.69) is 34.6 Å². The summed E-state index contributed by atoms with van der Waals surface area (Å²) in [5.41, 5.74) is 2.64. The van der Waals surface area contributed by atoms with E-state index in [4.69, 9.17) is 5.26 Å². The maximum Gasteiger partial charge on any atom is 0.171 e. The van der Waals surface area contributed by atoms with E-state index in [0.29, 0.717) is 11.4 Å². The van der Waals surface area contributed by atoms with Crippen LogP contribution in [0.3, 0.4) is 0 Å². The number of aryl methyl sites for hydroxylation is 1. The fraction of sp³-hybridized carbons (Fsp3) is 0.154. The molecule has 0 bridgehead atoms. The Bertz CT molecular complexity index is 557. The van der Waals surface area contributed by atoms with Crippen molar-refractivity contribution < 1.29 is 0 Å². The third kappa shape index (κ3) is 2.58. The van der Waals surface area contributed by atoms with Crippen LogP contribution in [-0.2, 0) is 6.42 Å². The van der Waals surface area contributed by atoms with Gasteiger partial charge in [-0.1, -0.05) is 19.1 Å². The van der Waals surface area contributed by atoms with Crippen molar-refractivity contribution in [1.29, 1.82) is 5.26 Å². The van der Waals surface area contributed by atoms with E-state index in [-0.39, 0.29) is 0 Å². The summed E-state index contributed by atoms with van der Waals surface area (Å²) in [4.78, 5) is 0. The van der Waals surface area contributed by atoms with Crippen LogP contribution in [0, 0.1) is 11.3 Å². The van der Waals surface area contributed by atoms with Gasteiger partial charge in [0.05, 0.1) is 11.8 Å². The second-order valence-electron chi connectivity index (χ2n) is 3.58. The van der Waals surface area contributed by atoms with Crippen LogP contribution in [0.2, 0.25) is 0 Å². The number of hydrogen-bond acceptors (Lipinski definition) is 4. The lowest BCUT2D eigenvalue weighted by Crippen LogP contribution is -1.98. The van der Waals surface area contributed by atoms with E-state index in [1.165, 1.54) is 11.8 Å². The van der Waals surface area contributed by atoms with Gasteiger partial charge in [-0.2, -0.15) is 10.4 Å². The summed E-state index contributed by atoms with van der Waals surface area (Å²) in [5, 5.41) is 19.7. The minimum absolute atomic E-state index is 0.488. The Kier molecular flexibility index (Phi) is 3.31. The van der Waals surface area contributed by atoms with Crippen LogP contribution in [0.5, 0.6) is 0 Å². The monoisotopic (exact) mass is 224 g/mol. The van der Waals surface area contributed by atoms with E-state index in [1.807, 2.05) is 18.2 Å². The molecule has 0 fully saturated rings. The molecule has 17 heavy (non-hydrogen) atoms. The highest BCUT2D eigenvalue weighted by molar-refractivity contribution is 5.62. The molecule has 0 saturated heterocycles. The van der Waals surface area contributed by atoms with E-state index in [0.717, 1.165) is 12.1 Å². The maximum absolute atomic E-state index is 8.94. The molecule has 0 radical (unpaired) electrons. The molecule has 1 aromatic carbocycles. The molecule has 0 saturated carbocycles. The zero-order valence-electron chi connectivity index (χ0n) is 9.51. The molecule has 1 aromatic heterocycles. The van der Waals surface area contributed by atoms with Crippen molar-refractivity contribution in [2.45, 2.75) is 13.3 Å². The first-order chi connectivity index (χ1) is 8.33. The van der Waals surface area contributed by atoms with Crippen LogP contribution in [0.1, 0.15) is 18.1 Å². The third-order valence-electron chi connectivity index (χ3n) is 2.44. The lowest BCUT2D eigenvalue weighted by atomic mass is 10.1. The summed E-state index contributed by atoms with van der Waals surface area (Å²) in [6.45, 7) is 2.10. The summed E-state index contributed by atoms with van der Waals surface area (Å²) in [6.07, 6.45) is 2.48. The first-order valence-electron chi connectivity index (χ1n) is 5.41. The predicted molar refractivity (Wildman–Crippen MR) is 65.8 cm³/mol. The molecule has 0 unspecified atom stereocenters. The smallest absolute Gasteiger partial charge is 0.171 e. The molecule has 0 amide bonds. The second-order valence-corrected chi connectivity index (χ2v) is 3.58. The Labute approximate surface area is 99.9 Å². The standard InChI is InChI=1S/C13H12N4/c1-2-10-4-3-5-12(8-10)16-13-11(9-14)6-7-15-17-13/h3-8H,2H2,1H3,(H,16,17). The van der Waals surface area contributed by atoms with Crippen LogP contribution in [0.15, 0.2) is 36.5 Å². The number of nitrogens with one attached hydrogen (secondary N) is 1. The van der Waals surface area contributed by atoms with Gasteiger partial charge in [-0.3, -0.25) is 0 Å². The van der Waals surface area contributed by atoms with Gasteiger partial charge in [-0.15, -0.1) is 5.10 Å². The molecule has 4 heteroatoms. The molecule has 4 nitrogen and oxygen atoms in total. The average Bonchev–Trinajstić information content (AvgIpc) is 2.39. The highest BCUT2D eigenvalue weighted by atomic mass is 15.2. The summed E-state index contributed by atoms with van der Waals surface area (Å²) in [5.74, 6) is 0.489. The Morgan fingerprint density at radius 1 is 1.35 bits per heavy atom. The summed E-state index contributed by atoms with van der Waals surface area (Å²) >= 11 is 0. The zero-order valence-corrected chi connectivity index (χ0v) is 9.51. The van der Waals surface area contributed by atoms with Gasteiger partial charge in [0.1, 0.15) is 6.07 Å². The first-order valence-corrected chi connectivity index (χ1v) is 5.41. The van der Waals surface area contributed by atoms with Crippen molar-refractivity contribution >= 4 is 11.5 Å². The Balaban J connectivity index is 2.28. The number of anilines is 2. The van der Waals surface area contributed by atoms with Crippen molar-refractivity contribution in [3.05, 3.63) is 47.7 Å². The van der Waals surface area contributed by atoms with Gasteiger partial charge in [0.25, 0.3) is 0 Å². The normalized spacial score (nSPS) is 9.65. The molecule has 0 spiro atoms. The molecule has 1 heterocycles. The summed E-state index contributed by atoms with van der Waals surface area (Å²) in [7, 11) is 0. The lowest BCUT2D eigenvalue weighted by Gasteiger charge is -2.07. The van der Waals surface area contributed by atoms with Crippen molar-refractivity contribution in [2.24, 2.45) is 0 Å². The van der Waals surface area contributed by atoms with Gasteiger partial charge in [0, 0.05) is 5.69 Å². The van der Waals surface area contributed by atoms with Crippen LogP contribution >= 0.6 is 0 Å². The topological polar surface area (TPSA) is 61.6 Å². The Morgan fingerprint density at radius 3 is 3.00 bits per heavy atom. The fourth-order valence-electron chi connectivity index (χ4n) is 1.52. The molecular weight excluding hydrogens is 212 g/mol. The molecule has 2 aromatic rings. The first kappa shape index (κ1) is 11.1. The zero-order chi connectivity index (χ0) is 12.1. The Morgan fingerprint density at radius 2 is 2.24 bits per heavy atom. The van der Waals surface area contributed by atoms with Crippen LogP contribution in [0.25, 0.3) is 0 Å². The fourth-order valence-corrected chi connectivity index (χ4v) is 1.52. The summed E-state index contributed by atoms with van der Waals surface area (Å²) < 4.78 is 0. The van der Waals surface area contributed by atoms with Crippen molar-refractivity contribution in [3.8, 4) is 6.07 Å². The van der Waals surface area contributed by atoms with Gasteiger partial charge in [0.15, 0.2) is 5.82 Å². The number of hydrogen-bond donors (Lipinski definition) is 1. The lowest BCUT2D eigenvalue weighted by molar-refractivity contribution is 1.03. The predicted octanol–water partition coefficient (Wildman–Crippen LogP) is 2.65. The molecule has 84 valence electrons. The third-order valence-corrected chi connectivity index (χ3v) is 2.44. The van der Waals surface area contributed by atoms with Crippen LogP contribution < -0.4 is 5.32 Å². The van der Waals surface area contributed by atoms with Crippen molar-refractivity contribution in [2.75, 3.05) is 5.32 Å². The van der Waals surface area contributed by atoms with E-state index < -0.39 is 0 Å². The molecule has 0 aliphatic rings. The van der Waals surface area contributed by atoms with Crippen LogP contribution in [-0.4, -0.2) is 10.2 Å². The minimum Gasteiger partial charge on any atom is -0.338 e. The quantitative estimate of drug-likeness (QED) is 0.870. The Hall–Kier alpha value is -2.41. The van der Waals surface area contributed by atoms with E-state index in [9.17, 15) is 0 Å². The number of aromatic nitrogens is 2. The highest BCUT2D eigenvalue weighted by Crippen LogP contribution is 2.18. The van der Waals surface area contributed by atoms with Gasteiger partial charge in [-0.25, -0.2) is 0 Å². The van der Waals surface area contributed by atoms with E-state index >= 15 is 0 Å². The van der Waals surface area contributed by atoms with Gasteiger partial charge < -0.3 is 5.32 Å².